The lowest BCUT2D eigenvalue weighted by molar-refractivity contribution is 0.213. The average molecular weight is 185 g/mol. The quantitative estimate of drug-likeness (QED) is 0.401. The molecule has 1 aromatic heterocycles. The minimum atomic E-state index is 0.457. The van der Waals surface area contributed by atoms with Gasteiger partial charge in [-0.25, -0.2) is 4.98 Å². The number of hydrogen-bond donors (Lipinski definition) is 0. The third-order valence-corrected chi connectivity index (χ3v) is 1.58. The second-order valence-electron chi connectivity index (χ2n) is 2.23. The molecule has 3 nitrogen and oxygen atoms in total. The molecule has 64 valence electrons. The molecule has 1 aromatic rings. The largest absolute Gasteiger partial charge is 0.399 e. The maximum absolute atomic E-state index is 5.68. The Balaban J connectivity index is 2.95. The van der Waals surface area contributed by atoms with Gasteiger partial charge in [-0.1, -0.05) is 16.8 Å². The molecule has 0 radical (unpaired) electrons. The van der Waals surface area contributed by atoms with E-state index in [1.807, 2.05) is 13.0 Å². The predicted molar refractivity (Wildman–Crippen MR) is 48.5 cm³/mol. The van der Waals surface area contributed by atoms with Crippen LogP contribution in [0.4, 0.5) is 0 Å². The molecular weight excluding hydrogens is 176 g/mol. The monoisotopic (exact) mass is 184 g/mol. The van der Waals surface area contributed by atoms with Crippen molar-refractivity contribution in [2.75, 3.05) is 7.11 Å². The molecule has 0 saturated heterocycles. The van der Waals surface area contributed by atoms with Crippen LogP contribution in [0.1, 0.15) is 12.5 Å². The molecule has 4 heteroatoms. The molecule has 0 atom stereocenters. The maximum Gasteiger partial charge on any atom is 0.129 e. The zero-order chi connectivity index (χ0) is 8.97. The molecule has 0 fully saturated rings. The summed E-state index contributed by atoms with van der Waals surface area (Å²) in [6.07, 6.45) is 1.63. The number of oxime groups is 1. The van der Waals surface area contributed by atoms with Gasteiger partial charge >= 0.3 is 0 Å². The molecule has 0 unspecified atom stereocenters. The molecule has 0 aliphatic carbocycles. The fourth-order valence-electron chi connectivity index (χ4n) is 0.817. The summed E-state index contributed by atoms with van der Waals surface area (Å²) >= 11 is 5.68. The van der Waals surface area contributed by atoms with Crippen molar-refractivity contribution in [1.82, 2.24) is 4.98 Å². The van der Waals surface area contributed by atoms with E-state index >= 15 is 0 Å². The topological polar surface area (TPSA) is 34.5 Å². The van der Waals surface area contributed by atoms with E-state index in [0.717, 1.165) is 11.3 Å². The van der Waals surface area contributed by atoms with E-state index in [1.54, 1.807) is 12.3 Å². The van der Waals surface area contributed by atoms with E-state index < -0.39 is 0 Å². The van der Waals surface area contributed by atoms with E-state index in [9.17, 15) is 0 Å². The summed E-state index contributed by atoms with van der Waals surface area (Å²) in [5.74, 6) is 0. The van der Waals surface area contributed by atoms with Crippen LogP contribution in [0.15, 0.2) is 23.5 Å². The average Bonchev–Trinajstić information content (AvgIpc) is 2.05. The zero-order valence-electron chi connectivity index (χ0n) is 6.91. The van der Waals surface area contributed by atoms with Gasteiger partial charge in [-0.2, -0.15) is 0 Å². The lowest BCUT2D eigenvalue weighted by Gasteiger charge is -1.98. The molecule has 1 rings (SSSR count). The summed E-state index contributed by atoms with van der Waals surface area (Å²) in [6, 6.07) is 3.56. The summed E-state index contributed by atoms with van der Waals surface area (Å²) in [5.41, 5.74) is 1.69. The van der Waals surface area contributed by atoms with Crippen LogP contribution in [0.5, 0.6) is 0 Å². The highest BCUT2D eigenvalue weighted by atomic mass is 35.5. The summed E-state index contributed by atoms with van der Waals surface area (Å²) < 4.78 is 0. The molecule has 12 heavy (non-hydrogen) atoms. The number of aromatic nitrogens is 1. The molecule has 0 aliphatic rings. The van der Waals surface area contributed by atoms with Gasteiger partial charge in [0.15, 0.2) is 0 Å². The second-order valence-corrected chi connectivity index (χ2v) is 2.61. The standard InChI is InChI=1S/C8H9ClN2O/c1-6(11-12-2)7-3-4-10-8(9)5-7/h3-5H,1-2H3/b11-6-. The number of halogens is 1. The Morgan fingerprint density at radius 1 is 1.67 bits per heavy atom. The van der Waals surface area contributed by atoms with Gasteiger partial charge in [0.1, 0.15) is 12.3 Å². The Morgan fingerprint density at radius 2 is 2.42 bits per heavy atom. The van der Waals surface area contributed by atoms with Crippen LogP contribution in [0.2, 0.25) is 5.15 Å². The third kappa shape index (κ3) is 2.20. The minimum Gasteiger partial charge on any atom is -0.399 e. The van der Waals surface area contributed by atoms with Gasteiger partial charge in [0.05, 0.1) is 5.71 Å². The second kappa shape index (κ2) is 4.07. The van der Waals surface area contributed by atoms with Crippen LogP contribution in [0.25, 0.3) is 0 Å². The summed E-state index contributed by atoms with van der Waals surface area (Å²) in [6.45, 7) is 1.84. The van der Waals surface area contributed by atoms with Crippen LogP contribution >= 0.6 is 11.6 Å². The molecule has 0 bridgehead atoms. The lowest BCUT2D eigenvalue weighted by Crippen LogP contribution is -1.95. The Kier molecular flexibility index (Phi) is 3.05. The fraction of sp³-hybridized carbons (Fsp3) is 0.250. The van der Waals surface area contributed by atoms with Gasteiger partial charge in [-0.3, -0.25) is 0 Å². The Morgan fingerprint density at radius 3 is 3.00 bits per heavy atom. The van der Waals surface area contributed by atoms with Gasteiger partial charge in [-0.15, -0.1) is 0 Å². The van der Waals surface area contributed by atoms with Crippen molar-refractivity contribution in [2.24, 2.45) is 5.16 Å². The van der Waals surface area contributed by atoms with Gasteiger partial charge < -0.3 is 4.84 Å². The predicted octanol–water partition coefficient (Wildman–Crippen LogP) is 2.11. The number of pyridine rings is 1. The van der Waals surface area contributed by atoms with Crippen LogP contribution in [0.3, 0.4) is 0 Å². The highest BCUT2D eigenvalue weighted by Crippen LogP contribution is 2.07. The smallest absolute Gasteiger partial charge is 0.129 e. The minimum absolute atomic E-state index is 0.457. The number of hydrogen-bond acceptors (Lipinski definition) is 3. The van der Waals surface area contributed by atoms with E-state index in [-0.39, 0.29) is 0 Å². The highest BCUT2D eigenvalue weighted by Gasteiger charge is 1.98. The van der Waals surface area contributed by atoms with Gasteiger partial charge in [0, 0.05) is 11.8 Å². The van der Waals surface area contributed by atoms with Gasteiger partial charge in [0.25, 0.3) is 0 Å². The Bertz CT molecular complexity index is 299. The molecule has 0 aromatic carbocycles. The first-order chi connectivity index (χ1) is 5.74. The van der Waals surface area contributed by atoms with Crippen LogP contribution in [0, 0.1) is 0 Å². The normalized spacial score (nSPS) is 11.4. The van der Waals surface area contributed by atoms with Gasteiger partial charge in [-0.05, 0) is 19.1 Å². The summed E-state index contributed by atoms with van der Waals surface area (Å²) in [7, 11) is 1.51. The molecule has 0 aliphatic heterocycles. The highest BCUT2D eigenvalue weighted by molar-refractivity contribution is 6.29. The van der Waals surface area contributed by atoms with Gasteiger partial charge in [0.2, 0.25) is 0 Å². The molecule has 0 spiro atoms. The van der Waals surface area contributed by atoms with Crippen molar-refractivity contribution < 1.29 is 4.84 Å². The van der Waals surface area contributed by atoms with Crippen molar-refractivity contribution in [3.63, 3.8) is 0 Å². The first-order valence-corrected chi connectivity index (χ1v) is 3.81. The van der Waals surface area contributed by atoms with Crippen LogP contribution in [-0.2, 0) is 4.84 Å². The summed E-state index contributed by atoms with van der Waals surface area (Å²) in [5, 5.41) is 4.22. The molecule has 0 amide bonds. The SMILES string of the molecule is CO/N=C(/C)c1ccnc(Cl)c1. The van der Waals surface area contributed by atoms with Crippen molar-refractivity contribution in [3.8, 4) is 0 Å². The third-order valence-electron chi connectivity index (χ3n) is 1.37. The van der Waals surface area contributed by atoms with E-state index in [4.69, 9.17) is 11.6 Å². The number of rotatable bonds is 2. The van der Waals surface area contributed by atoms with Crippen LogP contribution < -0.4 is 0 Å². The van der Waals surface area contributed by atoms with E-state index in [2.05, 4.69) is 15.0 Å². The maximum atomic E-state index is 5.68. The Labute approximate surface area is 76.0 Å². The lowest BCUT2D eigenvalue weighted by atomic mass is 10.2. The first-order valence-electron chi connectivity index (χ1n) is 3.43. The van der Waals surface area contributed by atoms with E-state index in [0.29, 0.717) is 5.15 Å². The van der Waals surface area contributed by atoms with Crippen molar-refractivity contribution >= 4 is 17.3 Å². The van der Waals surface area contributed by atoms with E-state index in [1.165, 1.54) is 7.11 Å². The summed E-state index contributed by atoms with van der Waals surface area (Å²) in [4.78, 5) is 8.47. The van der Waals surface area contributed by atoms with Crippen molar-refractivity contribution in [1.29, 1.82) is 0 Å². The molecule has 0 N–H and O–H groups in total. The molecule has 1 heterocycles. The van der Waals surface area contributed by atoms with Crippen molar-refractivity contribution in [3.05, 3.63) is 29.0 Å². The molecule has 0 saturated carbocycles. The van der Waals surface area contributed by atoms with Crippen LogP contribution in [-0.4, -0.2) is 17.8 Å². The first kappa shape index (κ1) is 9.00. The number of nitrogens with zero attached hydrogens (tertiary/aromatic N) is 2. The fourth-order valence-corrected chi connectivity index (χ4v) is 0.991. The Hall–Kier alpha value is -1.09. The van der Waals surface area contributed by atoms with Crippen molar-refractivity contribution in [2.45, 2.75) is 6.92 Å². The zero-order valence-corrected chi connectivity index (χ0v) is 7.67. The molecular formula is C8H9ClN2O.